The molecular weight excluding hydrogens is 424 g/mol. The Labute approximate surface area is 190 Å². The topological polar surface area (TPSA) is 84.7 Å². The van der Waals surface area contributed by atoms with Gasteiger partial charge in [0.25, 0.3) is 0 Å². The van der Waals surface area contributed by atoms with E-state index in [9.17, 15) is 13.2 Å². The summed E-state index contributed by atoms with van der Waals surface area (Å²) in [5, 5.41) is 8.94. The molecule has 1 heterocycles. The van der Waals surface area contributed by atoms with E-state index in [-0.39, 0.29) is 12.5 Å². The van der Waals surface area contributed by atoms with E-state index in [1.54, 1.807) is 47.4 Å². The average molecular weight is 453 g/mol. The van der Waals surface area contributed by atoms with Gasteiger partial charge in [-0.25, -0.2) is 8.42 Å². The number of carbonyl (C=O) groups excluding carboxylic acids is 1. The molecule has 32 heavy (non-hydrogen) atoms. The highest BCUT2D eigenvalue weighted by atomic mass is 32.2. The summed E-state index contributed by atoms with van der Waals surface area (Å²) in [6.07, 6.45) is 1.69. The maximum absolute atomic E-state index is 12.9. The number of amides is 1. The van der Waals surface area contributed by atoms with Gasteiger partial charge in [-0.1, -0.05) is 35.9 Å². The van der Waals surface area contributed by atoms with Crippen LogP contribution in [0, 0.1) is 18.3 Å². The average Bonchev–Trinajstić information content (AvgIpc) is 2.80. The molecule has 7 nitrogen and oxygen atoms in total. The van der Waals surface area contributed by atoms with Crippen LogP contribution < -0.4 is 0 Å². The van der Waals surface area contributed by atoms with Crippen LogP contribution >= 0.6 is 0 Å². The summed E-state index contributed by atoms with van der Waals surface area (Å²) in [5.41, 5.74) is 2.53. The molecule has 2 aromatic carbocycles. The number of aryl methyl sites for hydroxylation is 1. The fourth-order valence-electron chi connectivity index (χ4n) is 3.59. The minimum Gasteiger partial charge on any atom is -0.334 e. The van der Waals surface area contributed by atoms with Crippen molar-refractivity contribution in [3.8, 4) is 6.07 Å². The number of hydrogen-bond donors (Lipinski definition) is 0. The minimum atomic E-state index is -3.53. The molecule has 0 saturated carbocycles. The Morgan fingerprint density at radius 2 is 1.72 bits per heavy atom. The Kier molecular flexibility index (Phi) is 7.80. The number of nitrogens with zero attached hydrogens (tertiary/aromatic N) is 4. The molecule has 8 heteroatoms. The van der Waals surface area contributed by atoms with Crippen LogP contribution in [-0.4, -0.2) is 67.7 Å². The first-order valence-corrected chi connectivity index (χ1v) is 11.9. The monoisotopic (exact) mass is 452 g/mol. The molecule has 0 bridgehead atoms. The number of nitriles is 1. The van der Waals surface area contributed by atoms with E-state index in [2.05, 4.69) is 12.6 Å². The second-order valence-electron chi connectivity index (χ2n) is 7.86. The van der Waals surface area contributed by atoms with Gasteiger partial charge in [0.2, 0.25) is 15.9 Å². The maximum atomic E-state index is 12.9. The number of carbonyl (C=O) groups is 1. The Morgan fingerprint density at radius 1 is 1.09 bits per heavy atom. The third-order valence-corrected chi connectivity index (χ3v) is 7.42. The van der Waals surface area contributed by atoms with Crippen molar-refractivity contribution >= 4 is 15.9 Å². The molecule has 1 aliphatic heterocycles. The zero-order valence-corrected chi connectivity index (χ0v) is 19.1. The maximum Gasteiger partial charge on any atom is 0.243 e. The van der Waals surface area contributed by atoms with E-state index in [1.807, 2.05) is 24.0 Å². The Bertz CT molecular complexity index is 1080. The summed E-state index contributed by atoms with van der Waals surface area (Å²) < 4.78 is 27.2. The molecule has 0 N–H and O–H groups in total. The fraction of sp³-hybridized carbons (Fsp3) is 0.333. The second-order valence-corrected chi connectivity index (χ2v) is 9.80. The molecule has 0 aromatic heterocycles. The first-order chi connectivity index (χ1) is 15.3. The lowest BCUT2D eigenvalue weighted by atomic mass is 10.1. The molecule has 1 fully saturated rings. The number of hydrogen-bond acceptors (Lipinski definition) is 5. The van der Waals surface area contributed by atoms with Crippen LogP contribution in [-0.2, 0) is 21.4 Å². The van der Waals surface area contributed by atoms with Gasteiger partial charge in [-0.15, -0.1) is 6.58 Å². The molecular formula is C24H28N4O3S. The summed E-state index contributed by atoms with van der Waals surface area (Å²) in [4.78, 5) is 16.9. The van der Waals surface area contributed by atoms with Crippen LogP contribution in [0.4, 0.5) is 0 Å². The minimum absolute atomic E-state index is 0.0379. The molecule has 0 spiro atoms. The fourth-order valence-corrected chi connectivity index (χ4v) is 5.02. The molecule has 0 aliphatic carbocycles. The van der Waals surface area contributed by atoms with Crippen molar-refractivity contribution in [1.82, 2.24) is 14.1 Å². The van der Waals surface area contributed by atoms with Gasteiger partial charge in [0, 0.05) is 39.3 Å². The lowest BCUT2D eigenvalue weighted by Gasteiger charge is -2.34. The third-order valence-electron chi connectivity index (χ3n) is 5.51. The first kappa shape index (κ1) is 23.7. The first-order valence-electron chi connectivity index (χ1n) is 10.5. The van der Waals surface area contributed by atoms with Crippen LogP contribution in [0.15, 0.2) is 66.1 Å². The Morgan fingerprint density at radius 3 is 2.28 bits per heavy atom. The van der Waals surface area contributed by atoms with E-state index in [4.69, 9.17) is 5.26 Å². The SMILES string of the molecule is C=CCN(Cc1ccc(C#N)cc1)C(=O)CN1CCN(S(=O)(=O)c2ccc(C)cc2)CC1. The highest BCUT2D eigenvalue weighted by Crippen LogP contribution is 2.18. The van der Waals surface area contributed by atoms with E-state index in [0.717, 1.165) is 11.1 Å². The standard InChI is InChI=1S/C24H28N4O3S/c1-3-12-27(18-22-8-6-21(17-25)7-9-22)24(29)19-26-13-15-28(16-14-26)32(30,31)23-10-4-20(2)5-11-23/h3-11H,1,12-16,18-19H2,2H3. The van der Waals surface area contributed by atoms with Gasteiger partial charge in [-0.05, 0) is 36.8 Å². The molecule has 1 aliphatic rings. The Balaban J connectivity index is 1.57. The van der Waals surface area contributed by atoms with Crippen LogP contribution in [0.5, 0.6) is 0 Å². The third kappa shape index (κ3) is 5.82. The van der Waals surface area contributed by atoms with Crippen molar-refractivity contribution < 1.29 is 13.2 Å². The van der Waals surface area contributed by atoms with Crippen molar-refractivity contribution in [3.63, 3.8) is 0 Å². The smallest absolute Gasteiger partial charge is 0.243 e. The lowest BCUT2D eigenvalue weighted by Crippen LogP contribution is -2.51. The zero-order chi connectivity index (χ0) is 23.1. The highest BCUT2D eigenvalue weighted by molar-refractivity contribution is 7.89. The van der Waals surface area contributed by atoms with Gasteiger partial charge in [0.15, 0.2) is 0 Å². The van der Waals surface area contributed by atoms with Crippen LogP contribution in [0.2, 0.25) is 0 Å². The summed E-state index contributed by atoms with van der Waals surface area (Å²) in [5.74, 6) is -0.0379. The van der Waals surface area contributed by atoms with Crippen molar-refractivity contribution in [2.75, 3.05) is 39.3 Å². The van der Waals surface area contributed by atoms with E-state index in [0.29, 0.717) is 49.7 Å². The largest absolute Gasteiger partial charge is 0.334 e. The van der Waals surface area contributed by atoms with Crippen molar-refractivity contribution in [2.45, 2.75) is 18.4 Å². The molecule has 168 valence electrons. The summed E-state index contributed by atoms with van der Waals surface area (Å²) >= 11 is 0. The van der Waals surface area contributed by atoms with Gasteiger partial charge in [0.05, 0.1) is 23.1 Å². The highest BCUT2D eigenvalue weighted by Gasteiger charge is 2.29. The predicted molar refractivity (Wildman–Crippen MR) is 123 cm³/mol. The van der Waals surface area contributed by atoms with Gasteiger partial charge in [-0.3, -0.25) is 9.69 Å². The Hall–Kier alpha value is -2.99. The second kappa shape index (κ2) is 10.6. The van der Waals surface area contributed by atoms with E-state index >= 15 is 0 Å². The van der Waals surface area contributed by atoms with Gasteiger partial charge < -0.3 is 4.90 Å². The zero-order valence-electron chi connectivity index (χ0n) is 18.3. The van der Waals surface area contributed by atoms with E-state index in [1.165, 1.54) is 4.31 Å². The van der Waals surface area contributed by atoms with Crippen molar-refractivity contribution in [3.05, 3.63) is 77.9 Å². The normalized spacial score (nSPS) is 15.1. The number of rotatable bonds is 8. The molecule has 0 radical (unpaired) electrons. The van der Waals surface area contributed by atoms with Crippen molar-refractivity contribution in [2.24, 2.45) is 0 Å². The number of benzene rings is 2. The molecule has 3 rings (SSSR count). The summed E-state index contributed by atoms with van der Waals surface area (Å²) in [7, 11) is -3.53. The number of piperazine rings is 1. The molecule has 0 unspecified atom stereocenters. The van der Waals surface area contributed by atoms with Crippen LogP contribution in [0.3, 0.4) is 0 Å². The molecule has 2 aromatic rings. The predicted octanol–water partition coefficient (Wildman–Crippen LogP) is 2.39. The van der Waals surface area contributed by atoms with Gasteiger partial charge in [0.1, 0.15) is 0 Å². The number of sulfonamides is 1. The van der Waals surface area contributed by atoms with Crippen LogP contribution in [0.1, 0.15) is 16.7 Å². The molecule has 0 atom stereocenters. The summed E-state index contributed by atoms with van der Waals surface area (Å²) in [6, 6.07) is 16.1. The molecule has 1 saturated heterocycles. The summed E-state index contributed by atoms with van der Waals surface area (Å²) in [6.45, 7) is 8.42. The van der Waals surface area contributed by atoms with Crippen molar-refractivity contribution in [1.29, 1.82) is 5.26 Å². The lowest BCUT2D eigenvalue weighted by molar-refractivity contribution is -0.132. The quantitative estimate of drug-likeness (QED) is 0.574. The van der Waals surface area contributed by atoms with Gasteiger partial charge >= 0.3 is 0 Å². The molecule has 1 amide bonds. The van der Waals surface area contributed by atoms with Gasteiger partial charge in [-0.2, -0.15) is 9.57 Å². The van der Waals surface area contributed by atoms with Crippen LogP contribution in [0.25, 0.3) is 0 Å². The van der Waals surface area contributed by atoms with E-state index < -0.39 is 10.0 Å².